The maximum Gasteiger partial charge on any atom is 2.00 e. The zero-order chi connectivity index (χ0) is 32.7. The smallest absolute Gasteiger partial charge is 0.509 e. The van der Waals surface area contributed by atoms with Crippen LogP contribution in [0.5, 0.6) is 11.5 Å². The van der Waals surface area contributed by atoms with Crippen LogP contribution in [0.25, 0.3) is 44.4 Å². The van der Waals surface area contributed by atoms with Crippen molar-refractivity contribution in [3.8, 4) is 34.1 Å². The minimum absolute atomic E-state index is 0. The molecular weight excluding hydrogens is 736 g/mol. The summed E-state index contributed by atoms with van der Waals surface area (Å²) in [5, 5.41) is 6.53. The largest absolute Gasteiger partial charge is 2.00 e. The SMILES string of the molecule is [2H]C([2H])([2H])c1ccc2c(c1)c1ccc(Oc3[c-]c(-n4nc(C)c(-c5ccccc5)c4C)ccc3)[c-]c1n2-c1cc(CCCC)ccn1.[Pt+2]. The molecule has 5 nitrogen and oxygen atoms in total. The molecule has 226 valence electrons. The van der Waals surface area contributed by atoms with Gasteiger partial charge in [-0.1, -0.05) is 66.9 Å². The molecule has 0 atom stereocenters. The van der Waals surface area contributed by atoms with Crippen LogP contribution < -0.4 is 4.74 Å². The van der Waals surface area contributed by atoms with Crippen LogP contribution in [0.2, 0.25) is 0 Å². The number of rotatable bonds is 8. The summed E-state index contributed by atoms with van der Waals surface area (Å²) >= 11 is 0. The number of fused-ring (bicyclic) bond motifs is 3. The molecule has 0 fully saturated rings. The van der Waals surface area contributed by atoms with Gasteiger partial charge in [-0.25, -0.2) is 4.98 Å². The van der Waals surface area contributed by atoms with E-state index in [0.29, 0.717) is 17.1 Å². The Morgan fingerprint density at radius 2 is 1.71 bits per heavy atom. The van der Waals surface area contributed by atoms with Gasteiger partial charge in [-0.2, -0.15) is 17.2 Å². The molecule has 7 rings (SSSR count). The molecule has 0 saturated heterocycles. The van der Waals surface area contributed by atoms with Crippen LogP contribution >= 0.6 is 0 Å². The predicted octanol–water partition coefficient (Wildman–Crippen LogP) is 9.69. The molecule has 0 spiro atoms. The summed E-state index contributed by atoms with van der Waals surface area (Å²) in [5.41, 5.74) is 8.05. The van der Waals surface area contributed by atoms with E-state index >= 15 is 0 Å². The molecule has 45 heavy (non-hydrogen) atoms. The Morgan fingerprint density at radius 1 is 0.867 bits per heavy atom. The summed E-state index contributed by atoms with van der Waals surface area (Å²) in [7, 11) is 0. The van der Waals surface area contributed by atoms with E-state index < -0.39 is 6.85 Å². The van der Waals surface area contributed by atoms with E-state index in [-0.39, 0.29) is 21.1 Å². The Hall–Kier alpha value is -4.47. The first-order valence-electron chi connectivity index (χ1n) is 16.5. The average molecular weight is 773 g/mol. The van der Waals surface area contributed by atoms with Crippen LogP contribution in [0, 0.1) is 32.8 Å². The number of aromatic nitrogens is 4. The normalized spacial score (nSPS) is 12.5. The van der Waals surface area contributed by atoms with Crippen molar-refractivity contribution >= 4 is 21.8 Å². The molecule has 3 aromatic heterocycles. The van der Waals surface area contributed by atoms with Gasteiger partial charge in [0.05, 0.1) is 5.69 Å². The predicted molar refractivity (Wildman–Crippen MR) is 178 cm³/mol. The van der Waals surface area contributed by atoms with E-state index in [9.17, 15) is 0 Å². The zero-order valence-corrected chi connectivity index (χ0v) is 27.6. The minimum Gasteiger partial charge on any atom is -0.509 e. The fourth-order valence-corrected chi connectivity index (χ4v) is 5.98. The number of unbranched alkanes of at least 4 members (excludes halogenated alkanes) is 1. The number of hydrogen-bond donors (Lipinski definition) is 0. The zero-order valence-electron chi connectivity index (χ0n) is 28.4. The topological polar surface area (TPSA) is 44.9 Å². The van der Waals surface area contributed by atoms with Crippen molar-refractivity contribution in [3.05, 3.63) is 132 Å². The molecule has 0 aliphatic rings. The standard InChI is InChI=1S/C39H34N4O.Pt/c1-5-6-11-29-20-21-40-38(23-29)42-36-19-16-26(2)22-35(36)34-18-17-33(25-37(34)42)44-32-15-10-14-31(24-32)43-28(4)39(27(3)41-43)30-12-8-7-9-13-30;/h7-10,12-23H,5-6,11H2,1-4H3;/q-2;+2/i2D3;. The van der Waals surface area contributed by atoms with Gasteiger partial charge in [-0.3, -0.25) is 4.68 Å². The quantitative estimate of drug-likeness (QED) is 0.145. The van der Waals surface area contributed by atoms with Gasteiger partial charge >= 0.3 is 21.1 Å². The first-order chi connectivity index (χ1) is 22.7. The number of pyridine rings is 1. The summed E-state index contributed by atoms with van der Waals surface area (Å²) < 4.78 is 34.3. The summed E-state index contributed by atoms with van der Waals surface area (Å²) in [6.45, 7) is 4.04. The second-order valence-electron chi connectivity index (χ2n) is 11.1. The van der Waals surface area contributed by atoms with Crippen LogP contribution in [0.1, 0.15) is 46.4 Å². The van der Waals surface area contributed by atoms with Crippen LogP contribution in [-0.4, -0.2) is 19.3 Å². The van der Waals surface area contributed by atoms with Gasteiger partial charge in [0.15, 0.2) is 0 Å². The molecule has 6 heteroatoms. The van der Waals surface area contributed by atoms with Gasteiger partial charge in [0.25, 0.3) is 0 Å². The van der Waals surface area contributed by atoms with Crippen molar-refractivity contribution in [1.82, 2.24) is 19.3 Å². The van der Waals surface area contributed by atoms with Crippen LogP contribution in [-0.2, 0) is 27.5 Å². The molecule has 0 bridgehead atoms. The van der Waals surface area contributed by atoms with E-state index in [1.165, 1.54) is 5.56 Å². The molecule has 4 aromatic carbocycles. The Kier molecular flexibility index (Phi) is 7.69. The molecule has 0 saturated carbocycles. The number of aryl methyl sites for hydroxylation is 3. The van der Waals surface area contributed by atoms with E-state index in [0.717, 1.165) is 75.1 Å². The number of nitrogens with zero attached hydrogens (tertiary/aromatic N) is 4. The Balaban J connectivity index is 0.00000401. The van der Waals surface area contributed by atoms with Gasteiger partial charge in [0, 0.05) is 38.6 Å². The fraction of sp³-hybridized carbons (Fsp3) is 0.179. The molecule has 0 amide bonds. The molecule has 7 aromatic rings. The van der Waals surface area contributed by atoms with E-state index in [1.54, 1.807) is 12.1 Å². The minimum atomic E-state index is -2.22. The third-order valence-corrected chi connectivity index (χ3v) is 8.06. The van der Waals surface area contributed by atoms with Crippen molar-refractivity contribution in [2.45, 2.75) is 46.9 Å². The number of ether oxygens (including phenoxy) is 1. The van der Waals surface area contributed by atoms with Gasteiger partial charge in [0.1, 0.15) is 5.82 Å². The Labute approximate surface area is 283 Å². The van der Waals surface area contributed by atoms with Crippen molar-refractivity contribution in [3.63, 3.8) is 0 Å². The molecule has 0 N–H and O–H groups in total. The third kappa shape index (κ3) is 5.85. The van der Waals surface area contributed by atoms with Gasteiger partial charge < -0.3 is 9.30 Å². The maximum atomic E-state index is 8.00. The number of benzene rings is 4. The second kappa shape index (κ2) is 12.9. The van der Waals surface area contributed by atoms with Crippen LogP contribution in [0.15, 0.2) is 97.2 Å². The molecular formula is C39H34N4OPt. The van der Waals surface area contributed by atoms with Crippen LogP contribution in [0.3, 0.4) is 0 Å². The van der Waals surface area contributed by atoms with E-state index in [4.69, 9.17) is 18.9 Å². The van der Waals surface area contributed by atoms with E-state index in [2.05, 4.69) is 44.2 Å². The van der Waals surface area contributed by atoms with E-state index in [1.807, 2.05) is 83.0 Å². The Bertz CT molecular complexity index is 2240. The first kappa shape index (κ1) is 26.9. The summed E-state index contributed by atoms with van der Waals surface area (Å²) in [5.74, 6) is 1.78. The second-order valence-corrected chi connectivity index (χ2v) is 11.1. The van der Waals surface area contributed by atoms with Crippen LogP contribution in [0.4, 0.5) is 0 Å². The molecule has 0 aliphatic heterocycles. The van der Waals surface area contributed by atoms with Gasteiger partial charge in [-0.15, -0.1) is 35.7 Å². The Morgan fingerprint density at radius 3 is 2.53 bits per heavy atom. The molecule has 0 aliphatic carbocycles. The monoisotopic (exact) mass is 772 g/mol. The molecule has 0 radical (unpaired) electrons. The summed E-state index contributed by atoms with van der Waals surface area (Å²) in [6, 6.07) is 36.1. The van der Waals surface area contributed by atoms with Crippen molar-refractivity contribution in [2.24, 2.45) is 0 Å². The third-order valence-electron chi connectivity index (χ3n) is 8.06. The summed E-state index contributed by atoms with van der Waals surface area (Å²) in [6.07, 6.45) is 4.98. The van der Waals surface area contributed by atoms with Crippen molar-refractivity contribution in [2.75, 3.05) is 0 Å². The van der Waals surface area contributed by atoms with Gasteiger partial charge in [0.2, 0.25) is 0 Å². The summed E-state index contributed by atoms with van der Waals surface area (Å²) in [4.78, 5) is 4.73. The number of hydrogen-bond acceptors (Lipinski definition) is 3. The maximum absolute atomic E-state index is 8.00. The van der Waals surface area contributed by atoms with Crippen molar-refractivity contribution < 1.29 is 29.9 Å². The molecule has 0 unspecified atom stereocenters. The average Bonchev–Trinajstić information content (AvgIpc) is 3.56. The van der Waals surface area contributed by atoms with Gasteiger partial charge in [-0.05, 0) is 73.9 Å². The van der Waals surface area contributed by atoms with Crippen molar-refractivity contribution in [1.29, 1.82) is 0 Å². The first-order valence-corrected chi connectivity index (χ1v) is 15.0. The molecule has 3 heterocycles. The fourth-order valence-electron chi connectivity index (χ4n) is 5.98.